The van der Waals surface area contributed by atoms with Crippen LogP contribution in [0.15, 0.2) is 24.5 Å². The fourth-order valence-electron chi connectivity index (χ4n) is 2.85. The van der Waals surface area contributed by atoms with Crippen molar-refractivity contribution in [3.63, 3.8) is 0 Å². The predicted octanol–water partition coefficient (Wildman–Crippen LogP) is 5.96. The largest absolute Gasteiger partial charge is 0.478 e. The standard InChI is InChI=1S/C14H22N2O3.C9H14N2O.C2HF3O/c1-13(2,3)19-12(17)16-9-5-11(15-16)18-10-8-14(4)6-7-14;1-9(3-4-9)5-7-12-8-2-6-10-11-8;3-2(4,5)1-6/h5,9H,6-8,10H2,1-4H3;2,6H,3-5,7H2,1H3,(H,10,11);1H. The van der Waals surface area contributed by atoms with E-state index >= 15 is 0 Å². The number of hydrogen-bond acceptors (Lipinski definition) is 7. The minimum absolute atomic E-state index is 0.466. The summed E-state index contributed by atoms with van der Waals surface area (Å²) >= 11 is 0. The number of alkyl halides is 3. The van der Waals surface area contributed by atoms with Crippen LogP contribution in [0.5, 0.6) is 11.8 Å². The molecule has 2 aromatic heterocycles. The van der Waals surface area contributed by atoms with Gasteiger partial charge in [-0.25, -0.2) is 9.89 Å². The van der Waals surface area contributed by atoms with Gasteiger partial charge < -0.3 is 14.2 Å². The van der Waals surface area contributed by atoms with Gasteiger partial charge in [0, 0.05) is 18.3 Å². The maximum absolute atomic E-state index is 11.7. The number of halogens is 3. The summed E-state index contributed by atoms with van der Waals surface area (Å²) in [6.45, 7) is 11.5. The molecule has 0 spiro atoms. The van der Waals surface area contributed by atoms with E-state index in [4.69, 9.17) is 19.0 Å². The minimum atomic E-state index is -4.64. The molecule has 9 nitrogen and oxygen atoms in total. The molecule has 2 aliphatic carbocycles. The molecule has 0 atom stereocenters. The third kappa shape index (κ3) is 13.2. The molecule has 2 saturated carbocycles. The van der Waals surface area contributed by atoms with Crippen LogP contribution in [0.3, 0.4) is 0 Å². The summed E-state index contributed by atoms with van der Waals surface area (Å²) in [5.74, 6) is 1.24. The van der Waals surface area contributed by atoms with E-state index in [1.807, 2.05) is 26.8 Å². The lowest BCUT2D eigenvalue weighted by molar-refractivity contribution is -0.156. The van der Waals surface area contributed by atoms with E-state index in [0.717, 1.165) is 25.3 Å². The first kappa shape index (κ1) is 30.2. The quantitative estimate of drug-likeness (QED) is 0.420. The van der Waals surface area contributed by atoms with Crippen LogP contribution >= 0.6 is 0 Å². The molecule has 0 aromatic carbocycles. The molecule has 2 aromatic rings. The van der Waals surface area contributed by atoms with E-state index in [1.165, 1.54) is 30.4 Å². The lowest BCUT2D eigenvalue weighted by Gasteiger charge is -2.18. The maximum atomic E-state index is 11.7. The molecule has 2 aliphatic rings. The zero-order chi connectivity index (χ0) is 27.7. The third-order valence-corrected chi connectivity index (χ3v) is 5.88. The molecule has 0 saturated heterocycles. The number of carbonyl (C=O) groups is 2. The molecule has 37 heavy (non-hydrogen) atoms. The van der Waals surface area contributed by atoms with Crippen molar-refractivity contribution in [3.05, 3.63) is 24.5 Å². The van der Waals surface area contributed by atoms with Gasteiger partial charge in [0.1, 0.15) is 5.60 Å². The van der Waals surface area contributed by atoms with Crippen molar-refractivity contribution in [2.75, 3.05) is 13.2 Å². The lowest BCUT2D eigenvalue weighted by Crippen LogP contribution is -2.27. The lowest BCUT2D eigenvalue weighted by atomic mass is 10.1. The number of rotatable bonds is 8. The highest BCUT2D eigenvalue weighted by molar-refractivity contribution is 5.69. The number of aromatic nitrogens is 4. The van der Waals surface area contributed by atoms with Crippen molar-refractivity contribution < 1.29 is 37.0 Å². The van der Waals surface area contributed by atoms with Gasteiger partial charge in [-0.3, -0.25) is 4.79 Å². The van der Waals surface area contributed by atoms with Crippen molar-refractivity contribution >= 4 is 12.4 Å². The number of hydrogen-bond donors (Lipinski definition) is 1. The smallest absolute Gasteiger partial charge is 0.446 e. The van der Waals surface area contributed by atoms with E-state index in [1.54, 1.807) is 18.5 Å². The zero-order valence-corrected chi connectivity index (χ0v) is 22.1. The van der Waals surface area contributed by atoms with Gasteiger partial charge in [-0.2, -0.15) is 23.0 Å². The summed E-state index contributed by atoms with van der Waals surface area (Å²) < 4.78 is 48.6. The topological polar surface area (TPSA) is 108 Å². The van der Waals surface area contributed by atoms with Gasteiger partial charge in [0.15, 0.2) is 0 Å². The number of carbonyl (C=O) groups excluding carboxylic acids is 2. The van der Waals surface area contributed by atoms with E-state index in [0.29, 0.717) is 23.3 Å². The molecule has 0 aliphatic heterocycles. The summed E-state index contributed by atoms with van der Waals surface area (Å²) in [6, 6.07) is 3.52. The SMILES string of the molecule is CC1(CCOc2ccn(C(=O)OC(C)(C)C)n2)CC1.CC1(CCOc2ccn[nH]2)CC1.O=CC(F)(F)F. The molecule has 0 bridgehead atoms. The highest BCUT2D eigenvalue weighted by atomic mass is 19.4. The van der Waals surface area contributed by atoms with Crippen molar-refractivity contribution in [2.24, 2.45) is 10.8 Å². The first-order valence-electron chi connectivity index (χ1n) is 12.2. The second-order valence-electron chi connectivity index (χ2n) is 11.0. The second-order valence-corrected chi connectivity index (χ2v) is 11.0. The Morgan fingerprint density at radius 3 is 2.03 bits per heavy atom. The Labute approximate surface area is 215 Å². The number of ether oxygens (including phenoxy) is 3. The number of aromatic amines is 1. The van der Waals surface area contributed by atoms with Crippen molar-refractivity contribution in [1.82, 2.24) is 20.0 Å². The van der Waals surface area contributed by atoms with Crippen LogP contribution in [0.4, 0.5) is 18.0 Å². The van der Waals surface area contributed by atoms with Crippen molar-refractivity contribution in [3.8, 4) is 11.8 Å². The molecule has 0 unspecified atom stereocenters. The van der Waals surface area contributed by atoms with Crippen molar-refractivity contribution in [1.29, 1.82) is 0 Å². The molecule has 12 heteroatoms. The molecule has 0 radical (unpaired) electrons. The van der Waals surface area contributed by atoms with Crippen molar-refractivity contribution in [2.45, 2.75) is 84.9 Å². The molecule has 2 fully saturated rings. The second kappa shape index (κ2) is 12.5. The number of H-pyrrole nitrogens is 1. The van der Waals surface area contributed by atoms with Crippen LogP contribution in [0.25, 0.3) is 0 Å². The van der Waals surface area contributed by atoms with Crippen LogP contribution in [-0.2, 0) is 9.53 Å². The summed E-state index contributed by atoms with van der Waals surface area (Å²) in [5, 5.41) is 10.6. The molecule has 2 heterocycles. The fourth-order valence-corrected chi connectivity index (χ4v) is 2.85. The van der Waals surface area contributed by atoms with E-state index in [9.17, 15) is 18.0 Å². The minimum Gasteiger partial charge on any atom is -0.478 e. The Morgan fingerprint density at radius 1 is 1.05 bits per heavy atom. The normalized spacial score (nSPS) is 16.8. The van der Waals surface area contributed by atoms with Gasteiger partial charge in [-0.05, 0) is 70.1 Å². The summed E-state index contributed by atoms with van der Waals surface area (Å²) in [4.78, 5) is 20.4. The Hall–Kier alpha value is -3.05. The summed E-state index contributed by atoms with van der Waals surface area (Å²) in [5.41, 5.74) is 0.526. The Kier molecular flexibility index (Phi) is 10.2. The third-order valence-electron chi connectivity index (χ3n) is 5.88. The van der Waals surface area contributed by atoms with Crippen LogP contribution in [0, 0.1) is 10.8 Å². The number of nitrogens with one attached hydrogen (secondary N) is 1. The van der Waals surface area contributed by atoms with Crippen LogP contribution < -0.4 is 9.47 Å². The zero-order valence-electron chi connectivity index (χ0n) is 22.1. The number of aldehydes is 1. The Morgan fingerprint density at radius 2 is 1.59 bits per heavy atom. The van der Waals surface area contributed by atoms with E-state index in [2.05, 4.69) is 29.1 Å². The van der Waals surface area contributed by atoms with Crippen LogP contribution in [0.2, 0.25) is 0 Å². The molecule has 208 valence electrons. The number of nitrogens with zero attached hydrogens (tertiary/aromatic N) is 3. The highest BCUT2D eigenvalue weighted by Crippen LogP contribution is 2.48. The van der Waals surface area contributed by atoms with Gasteiger partial charge >= 0.3 is 12.3 Å². The van der Waals surface area contributed by atoms with Gasteiger partial charge in [0.05, 0.1) is 19.4 Å². The monoisotopic (exact) mass is 530 g/mol. The van der Waals surface area contributed by atoms with E-state index in [-0.39, 0.29) is 0 Å². The fraction of sp³-hybridized carbons (Fsp3) is 0.680. The Bertz CT molecular complexity index is 975. The Balaban J connectivity index is 0.000000227. The molecular formula is C25H37F3N4O5. The summed E-state index contributed by atoms with van der Waals surface area (Å²) in [6.07, 6.45) is 4.54. The molecule has 4 rings (SSSR count). The van der Waals surface area contributed by atoms with Gasteiger partial charge in [0.2, 0.25) is 18.0 Å². The molecule has 1 N–H and O–H groups in total. The molecular weight excluding hydrogens is 493 g/mol. The van der Waals surface area contributed by atoms with Gasteiger partial charge in [-0.1, -0.05) is 13.8 Å². The molecule has 0 amide bonds. The summed E-state index contributed by atoms with van der Waals surface area (Å²) in [7, 11) is 0. The average Bonchev–Trinajstić information content (AvgIpc) is 3.53. The van der Waals surface area contributed by atoms with Gasteiger partial charge in [-0.15, -0.1) is 5.10 Å². The first-order valence-corrected chi connectivity index (χ1v) is 12.2. The van der Waals surface area contributed by atoms with E-state index < -0.39 is 24.2 Å². The highest BCUT2D eigenvalue weighted by Gasteiger charge is 2.37. The van der Waals surface area contributed by atoms with Crippen LogP contribution in [-0.4, -0.2) is 57.3 Å². The van der Waals surface area contributed by atoms with Crippen LogP contribution in [0.1, 0.15) is 73.1 Å². The van der Waals surface area contributed by atoms with Gasteiger partial charge in [0.25, 0.3) is 0 Å². The maximum Gasteiger partial charge on any atom is 0.446 e. The predicted molar refractivity (Wildman–Crippen MR) is 129 cm³/mol. The average molecular weight is 531 g/mol. The first-order chi connectivity index (χ1) is 17.1.